The molecule has 3 atom stereocenters. The second-order valence-electron chi connectivity index (χ2n) is 9.90. The first-order chi connectivity index (χ1) is 18.6. The van der Waals surface area contributed by atoms with Crippen LogP contribution in [-0.2, 0) is 30.3 Å². The molecule has 0 saturated carbocycles. The Morgan fingerprint density at radius 1 is 1.11 bits per heavy atom. The lowest BCUT2D eigenvalue weighted by Crippen LogP contribution is -2.48. The molecule has 2 aromatic carbocycles. The van der Waals surface area contributed by atoms with Crippen LogP contribution in [0.1, 0.15) is 48.3 Å². The van der Waals surface area contributed by atoms with Gasteiger partial charge in [0.1, 0.15) is 6.61 Å². The van der Waals surface area contributed by atoms with E-state index in [1.54, 1.807) is 6.07 Å². The third-order valence-corrected chi connectivity index (χ3v) is 7.25. The Kier molecular flexibility index (Phi) is 8.73. The quantitative estimate of drug-likeness (QED) is 0.494. The van der Waals surface area contributed by atoms with Gasteiger partial charge >= 0.3 is 6.09 Å². The number of anilines is 1. The molecular formula is C29H36N2O7. The summed E-state index contributed by atoms with van der Waals surface area (Å²) in [6, 6.07) is 15.3. The molecule has 0 bridgehead atoms. The molecule has 2 N–H and O–H groups in total. The summed E-state index contributed by atoms with van der Waals surface area (Å²) in [6.07, 6.45) is 2.51. The van der Waals surface area contributed by atoms with E-state index in [4.69, 9.17) is 23.7 Å². The van der Waals surface area contributed by atoms with E-state index in [0.717, 1.165) is 49.2 Å². The first kappa shape index (κ1) is 26.8. The zero-order valence-corrected chi connectivity index (χ0v) is 21.6. The molecule has 9 nitrogen and oxygen atoms in total. The van der Waals surface area contributed by atoms with Crippen molar-refractivity contribution < 1.29 is 33.6 Å². The topological polar surface area (TPSA) is 98.7 Å². The number of carbonyl (C=O) groups excluding carboxylic acids is 1. The fourth-order valence-corrected chi connectivity index (χ4v) is 5.23. The molecule has 204 valence electrons. The summed E-state index contributed by atoms with van der Waals surface area (Å²) in [4.78, 5) is 14.4. The molecule has 1 spiro atoms. The van der Waals surface area contributed by atoms with Crippen LogP contribution < -0.4 is 5.32 Å². The molecule has 9 heteroatoms. The predicted octanol–water partition coefficient (Wildman–Crippen LogP) is 4.30. The van der Waals surface area contributed by atoms with Crippen molar-refractivity contribution in [3.8, 4) is 0 Å². The van der Waals surface area contributed by atoms with Crippen LogP contribution in [0.25, 0.3) is 0 Å². The van der Waals surface area contributed by atoms with Gasteiger partial charge in [0.2, 0.25) is 0 Å². The van der Waals surface area contributed by atoms with Gasteiger partial charge in [-0.05, 0) is 23.3 Å². The molecule has 5 rings (SSSR count). The van der Waals surface area contributed by atoms with Crippen LogP contribution in [0.4, 0.5) is 10.5 Å². The number of aliphatic hydroxyl groups is 1. The van der Waals surface area contributed by atoms with E-state index in [1.807, 2.05) is 42.5 Å². The van der Waals surface area contributed by atoms with E-state index < -0.39 is 18.2 Å². The van der Waals surface area contributed by atoms with E-state index >= 15 is 0 Å². The van der Waals surface area contributed by atoms with E-state index in [1.165, 1.54) is 6.08 Å². The molecule has 0 aromatic heterocycles. The van der Waals surface area contributed by atoms with Crippen molar-refractivity contribution in [3.63, 3.8) is 0 Å². The van der Waals surface area contributed by atoms with Crippen LogP contribution >= 0.6 is 0 Å². The van der Waals surface area contributed by atoms with Crippen LogP contribution in [0.15, 0.2) is 61.2 Å². The average Bonchev–Trinajstić information content (AvgIpc) is 3.41. The number of likely N-dealkylation sites (tertiary alicyclic amines) is 1. The van der Waals surface area contributed by atoms with Gasteiger partial charge in [-0.1, -0.05) is 49.1 Å². The Hall–Kier alpha value is -2.79. The summed E-state index contributed by atoms with van der Waals surface area (Å²) in [5.41, 5.74) is 3.29. The molecule has 3 fully saturated rings. The number of nitrogens with one attached hydrogen (secondary N) is 1. The molecule has 3 heterocycles. The Balaban J connectivity index is 1.30. The number of piperidine rings is 1. The van der Waals surface area contributed by atoms with E-state index in [-0.39, 0.29) is 25.4 Å². The molecule has 0 unspecified atom stereocenters. The zero-order chi connectivity index (χ0) is 26.4. The molecule has 0 radical (unpaired) electrons. The maximum atomic E-state index is 12.0. The number of carbonyl (C=O) groups is 1. The normalized spacial score (nSPS) is 25.2. The van der Waals surface area contributed by atoms with Crippen molar-refractivity contribution in [2.45, 2.75) is 50.2 Å². The molecule has 1 amide bonds. The van der Waals surface area contributed by atoms with E-state index in [9.17, 15) is 9.90 Å². The van der Waals surface area contributed by atoms with Crippen LogP contribution in [0.5, 0.6) is 0 Å². The lowest BCUT2D eigenvalue weighted by Gasteiger charge is -2.41. The van der Waals surface area contributed by atoms with Gasteiger partial charge in [-0.3, -0.25) is 5.32 Å². The highest BCUT2D eigenvalue weighted by molar-refractivity contribution is 5.84. The Labute approximate surface area is 223 Å². The molecule has 3 saturated heterocycles. The maximum Gasteiger partial charge on any atom is 0.411 e. The van der Waals surface area contributed by atoms with Gasteiger partial charge in [0, 0.05) is 50.1 Å². The van der Waals surface area contributed by atoms with Crippen LogP contribution in [-0.4, -0.2) is 67.4 Å². The summed E-state index contributed by atoms with van der Waals surface area (Å²) in [6.45, 7) is 7.56. The molecular weight excluding hydrogens is 488 g/mol. The van der Waals surface area contributed by atoms with Crippen LogP contribution in [0.3, 0.4) is 0 Å². The zero-order valence-electron chi connectivity index (χ0n) is 21.6. The SMILES string of the molecule is C=CCOC(=O)Nc1cccc([C@@H]2O[C@H](CN3CCC4(CC3)OCCO4)C[C@H](c3ccc(CO)cc3)O2)c1. The highest BCUT2D eigenvalue weighted by Crippen LogP contribution is 2.39. The summed E-state index contributed by atoms with van der Waals surface area (Å²) >= 11 is 0. The molecule has 38 heavy (non-hydrogen) atoms. The third kappa shape index (κ3) is 6.61. The summed E-state index contributed by atoms with van der Waals surface area (Å²) in [5.74, 6) is -0.410. The second kappa shape index (κ2) is 12.4. The Bertz CT molecular complexity index is 1080. The summed E-state index contributed by atoms with van der Waals surface area (Å²) in [5, 5.41) is 12.2. The highest BCUT2D eigenvalue weighted by atomic mass is 16.7. The van der Waals surface area contributed by atoms with Crippen molar-refractivity contribution in [2.24, 2.45) is 0 Å². The minimum atomic E-state index is -0.611. The minimum Gasteiger partial charge on any atom is -0.445 e. The molecule has 3 aliphatic heterocycles. The fourth-order valence-electron chi connectivity index (χ4n) is 5.23. The van der Waals surface area contributed by atoms with E-state index in [0.29, 0.717) is 25.3 Å². The Morgan fingerprint density at radius 2 is 1.87 bits per heavy atom. The summed E-state index contributed by atoms with van der Waals surface area (Å²) in [7, 11) is 0. The maximum absolute atomic E-state index is 12.0. The average molecular weight is 525 g/mol. The van der Waals surface area contributed by atoms with Crippen LogP contribution in [0.2, 0.25) is 0 Å². The predicted molar refractivity (Wildman–Crippen MR) is 140 cm³/mol. The monoisotopic (exact) mass is 524 g/mol. The second-order valence-corrected chi connectivity index (χ2v) is 9.90. The number of hydrogen-bond donors (Lipinski definition) is 2. The van der Waals surface area contributed by atoms with Gasteiger partial charge in [0.05, 0.1) is 32.0 Å². The standard InChI is InChI=1S/C29H36N2O7/c1-2-14-34-28(33)30-24-5-3-4-23(17-24)27-37-25(18-26(38-27)22-8-6-21(20-32)7-9-22)19-31-12-10-29(11-13-31)35-15-16-36-29/h2-9,17,25-27,32H,1,10-16,18-20H2,(H,30,33)/t25-,26+,27+/m0/s1. The first-order valence-electron chi connectivity index (χ1n) is 13.2. The lowest BCUT2D eigenvalue weighted by molar-refractivity contribution is -0.255. The molecule has 0 aliphatic carbocycles. The lowest BCUT2D eigenvalue weighted by atomic mass is 9.98. The van der Waals surface area contributed by atoms with Gasteiger partial charge < -0.3 is 33.7 Å². The number of nitrogens with zero attached hydrogens (tertiary/aromatic N) is 1. The Morgan fingerprint density at radius 3 is 2.58 bits per heavy atom. The third-order valence-electron chi connectivity index (χ3n) is 7.25. The first-order valence-corrected chi connectivity index (χ1v) is 13.2. The van der Waals surface area contributed by atoms with Crippen molar-refractivity contribution in [2.75, 3.05) is 44.8 Å². The van der Waals surface area contributed by atoms with Crippen molar-refractivity contribution >= 4 is 11.8 Å². The molecule has 3 aliphatic rings. The van der Waals surface area contributed by atoms with Gasteiger partial charge in [0.25, 0.3) is 0 Å². The van der Waals surface area contributed by atoms with Gasteiger partial charge in [-0.25, -0.2) is 4.79 Å². The minimum absolute atomic E-state index is 0.000922. The van der Waals surface area contributed by atoms with Crippen molar-refractivity contribution in [1.82, 2.24) is 4.90 Å². The fraction of sp³-hybridized carbons (Fsp3) is 0.483. The van der Waals surface area contributed by atoms with Crippen LogP contribution in [0, 0.1) is 0 Å². The van der Waals surface area contributed by atoms with Crippen molar-refractivity contribution in [1.29, 1.82) is 0 Å². The molecule has 2 aromatic rings. The summed E-state index contributed by atoms with van der Waals surface area (Å²) < 4.78 is 29.8. The number of benzene rings is 2. The number of aliphatic hydroxyl groups excluding tert-OH is 1. The van der Waals surface area contributed by atoms with Crippen molar-refractivity contribution in [3.05, 3.63) is 77.9 Å². The number of hydrogen-bond acceptors (Lipinski definition) is 8. The number of rotatable bonds is 8. The van der Waals surface area contributed by atoms with Gasteiger partial charge in [-0.15, -0.1) is 0 Å². The number of ether oxygens (including phenoxy) is 5. The number of amides is 1. The van der Waals surface area contributed by atoms with E-state index in [2.05, 4.69) is 16.8 Å². The smallest absolute Gasteiger partial charge is 0.411 e. The van der Waals surface area contributed by atoms with Gasteiger partial charge in [-0.2, -0.15) is 0 Å². The largest absolute Gasteiger partial charge is 0.445 e. The van der Waals surface area contributed by atoms with Gasteiger partial charge in [0.15, 0.2) is 12.1 Å². The highest BCUT2D eigenvalue weighted by Gasteiger charge is 2.41.